The Kier molecular flexibility index (Phi) is 5.63. The molecule has 31 heavy (non-hydrogen) atoms. The summed E-state index contributed by atoms with van der Waals surface area (Å²) in [6.45, 7) is 1.00. The Hall–Kier alpha value is -3.05. The summed E-state index contributed by atoms with van der Waals surface area (Å²) < 4.78 is 53.2. The van der Waals surface area contributed by atoms with E-state index in [1.807, 2.05) is 6.07 Å². The lowest BCUT2D eigenvalue weighted by Crippen LogP contribution is -2.49. The number of hydrogen-bond donors (Lipinski definition) is 0. The van der Waals surface area contributed by atoms with Crippen molar-refractivity contribution in [1.82, 2.24) is 4.90 Å². The Morgan fingerprint density at radius 2 is 1.90 bits per heavy atom. The molecule has 2 aromatic rings. The molecule has 162 valence electrons. The van der Waals surface area contributed by atoms with Crippen LogP contribution in [0.5, 0.6) is 5.75 Å². The van der Waals surface area contributed by atoms with E-state index < -0.39 is 23.2 Å². The van der Waals surface area contributed by atoms with Crippen molar-refractivity contribution in [2.24, 2.45) is 0 Å². The number of alkyl halides is 1. The van der Waals surface area contributed by atoms with Crippen molar-refractivity contribution >= 4 is 5.91 Å². The Bertz CT molecular complexity index is 1050. The van der Waals surface area contributed by atoms with E-state index in [0.717, 1.165) is 12.1 Å². The number of benzene rings is 2. The maximum absolute atomic E-state index is 15.8. The maximum Gasteiger partial charge on any atom is 0.258 e. The van der Waals surface area contributed by atoms with Crippen LogP contribution in [-0.2, 0) is 10.4 Å². The summed E-state index contributed by atoms with van der Waals surface area (Å²) in [6, 6.07) is 8.60. The normalized spacial score (nSPS) is 18.2. The summed E-state index contributed by atoms with van der Waals surface area (Å²) in [5.74, 6) is -2.43. The van der Waals surface area contributed by atoms with Crippen LogP contribution in [0.1, 0.15) is 45.8 Å². The maximum atomic E-state index is 15.8. The van der Waals surface area contributed by atoms with E-state index in [0.29, 0.717) is 5.56 Å². The van der Waals surface area contributed by atoms with Gasteiger partial charge in [0, 0.05) is 50.6 Å². The number of halogens is 3. The van der Waals surface area contributed by atoms with Crippen molar-refractivity contribution in [3.05, 3.63) is 64.2 Å². The Labute approximate surface area is 178 Å². The second-order valence-corrected chi connectivity index (χ2v) is 7.84. The van der Waals surface area contributed by atoms with Gasteiger partial charge in [-0.2, -0.15) is 5.26 Å². The van der Waals surface area contributed by atoms with Crippen LogP contribution in [0.15, 0.2) is 30.3 Å². The van der Waals surface area contributed by atoms with E-state index in [1.165, 1.54) is 30.2 Å². The van der Waals surface area contributed by atoms with Crippen molar-refractivity contribution < 1.29 is 27.4 Å². The molecule has 1 amide bonds. The zero-order valence-corrected chi connectivity index (χ0v) is 17.0. The Morgan fingerprint density at radius 1 is 1.19 bits per heavy atom. The molecule has 0 bridgehead atoms. The van der Waals surface area contributed by atoms with Crippen LogP contribution < -0.4 is 4.74 Å². The van der Waals surface area contributed by atoms with Gasteiger partial charge >= 0.3 is 0 Å². The van der Waals surface area contributed by atoms with E-state index in [2.05, 4.69) is 0 Å². The van der Waals surface area contributed by atoms with Crippen molar-refractivity contribution in [3.63, 3.8) is 0 Å². The monoisotopic (exact) mass is 430 g/mol. The number of hydrogen-bond acceptors (Lipinski definition) is 4. The first-order valence-corrected chi connectivity index (χ1v) is 10.0. The number of carbonyl (C=O) groups is 1. The lowest BCUT2D eigenvalue weighted by atomic mass is 9.82. The molecule has 0 atom stereocenters. The lowest BCUT2D eigenvalue weighted by Gasteiger charge is -2.41. The molecule has 5 nitrogen and oxygen atoms in total. The van der Waals surface area contributed by atoms with Gasteiger partial charge in [-0.05, 0) is 23.8 Å². The molecule has 2 saturated heterocycles. The topological polar surface area (TPSA) is 62.6 Å². The van der Waals surface area contributed by atoms with Crippen LogP contribution in [-0.4, -0.2) is 44.2 Å². The third-order valence-corrected chi connectivity index (χ3v) is 6.05. The van der Waals surface area contributed by atoms with Crippen LogP contribution >= 0.6 is 0 Å². The van der Waals surface area contributed by atoms with E-state index in [1.54, 1.807) is 0 Å². The highest BCUT2D eigenvalue weighted by Gasteiger charge is 2.42. The summed E-state index contributed by atoms with van der Waals surface area (Å²) in [4.78, 5) is 14.9. The number of carbonyl (C=O) groups excluding carboxylic acids is 1. The van der Waals surface area contributed by atoms with Crippen LogP contribution in [0.2, 0.25) is 0 Å². The van der Waals surface area contributed by atoms with Gasteiger partial charge in [-0.15, -0.1) is 0 Å². The van der Waals surface area contributed by atoms with Crippen LogP contribution in [0.3, 0.4) is 0 Å². The van der Waals surface area contributed by atoms with E-state index in [9.17, 15) is 18.8 Å². The molecule has 0 radical (unpaired) electrons. The first kappa shape index (κ1) is 21.2. The smallest absolute Gasteiger partial charge is 0.258 e. The average molecular weight is 430 g/mol. The van der Waals surface area contributed by atoms with Gasteiger partial charge in [-0.25, -0.2) is 13.2 Å². The fourth-order valence-corrected chi connectivity index (χ4v) is 4.21. The zero-order valence-electron chi connectivity index (χ0n) is 17.0. The minimum atomic E-state index is -1.77. The van der Waals surface area contributed by atoms with Gasteiger partial charge in [0.05, 0.1) is 18.2 Å². The predicted octanol–water partition coefficient (Wildman–Crippen LogP) is 4.06. The van der Waals surface area contributed by atoms with Crippen molar-refractivity contribution in [2.75, 3.05) is 33.4 Å². The summed E-state index contributed by atoms with van der Waals surface area (Å²) >= 11 is 0. The first-order valence-electron chi connectivity index (χ1n) is 10.0. The number of nitriles is 1. The largest absolute Gasteiger partial charge is 0.495 e. The predicted molar refractivity (Wildman–Crippen MR) is 106 cm³/mol. The number of methoxy groups -OCH3 is 1. The van der Waals surface area contributed by atoms with E-state index in [4.69, 9.17) is 9.47 Å². The van der Waals surface area contributed by atoms with Crippen molar-refractivity contribution in [3.8, 4) is 11.8 Å². The number of rotatable bonds is 4. The zero-order chi connectivity index (χ0) is 22.2. The van der Waals surface area contributed by atoms with Crippen LogP contribution in [0, 0.1) is 23.0 Å². The van der Waals surface area contributed by atoms with E-state index in [-0.39, 0.29) is 67.5 Å². The third kappa shape index (κ3) is 3.74. The quantitative estimate of drug-likeness (QED) is 0.734. The average Bonchev–Trinajstić information content (AvgIpc) is 2.74. The second-order valence-electron chi connectivity index (χ2n) is 7.84. The van der Waals surface area contributed by atoms with Gasteiger partial charge in [0.2, 0.25) is 0 Å². The second kappa shape index (κ2) is 8.23. The molecule has 2 aromatic carbocycles. The molecule has 0 aliphatic carbocycles. The molecule has 0 spiro atoms. The highest BCUT2D eigenvalue weighted by atomic mass is 19.2. The number of likely N-dealkylation sites (tertiary alicyclic amines) is 1. The summed E-state index contributed by atoms with van der Waals surface area (Å²) in [5.41, 5.74) is -0.813. The third-order valence-electron chi connectivity index (χ3n) is 6.05. The molecule has 0 saturated carbocycles. The minimum absolute atomic E-state index is 0.0367. The number of amides is 1. The molecule has 2 fully saturated rings. The summed E-state index contributed by atoms with van der Waals surface area (Å²) in [6.07, 6.45) is 0.194. The Balaban J connectivity index is 1.65. The Morgan fingerprint density at radius 3 is 2.52 bits per heavy atom. The summed E-state index contributed by atoms with van der Waals surface area (Å²) in [7, 11) is 1.34. The van der Waals surface area contributed by atoms with Crippen LogP contribution in [0.4, 0.5) is 13.2 Å². The number of nitrogens with zero attached hydrogens (tertiary/aromatic N) is 2. The van der Waals surface area contributed by atoms with Crippen molar-refractivity contribution in [2.45, 2.75) is 24.4 Å². The fourth-order valence-electron chi connectivity index (χ4n) is 4.21. The van der Waals surface area contributed by atoms with Gasteiger partial charge in [-0.3, -0.25) is 4.79 Å². The summed E-state index contributed by atoms with van der Waals surface area (Å²) in [5, 5.41) is 9.44. The van der Waals surface area contributed by atoms with Gasteiger partial charge in [0.15, 0.2) is 11.6 Å². The van der Waals surface area contributed by atoms with Gasteiger partial charge in [-0.1, -0.05) is 12.1 Å². The molecular weight excluding hydrogens is 409 g/mol. The minimum Gasteiger partial charge on any atom is -0.495 e. The van der Waals surface area contributed by atoms with Gasteiger partial charge in [0.25, 0.3) is 5.91 Å². The molecule has 0 N–H and O–H groups in total. The molecule has 8 heteroatoms. The highest BCUT2D eigenvalue weighted by Crippen LogP contribution is 2.43. The van der Waals surface area contributed by atoms with Gasteiger partial charge in [0.1, 0.15) is 17.5 Å². The molecular formula is C23H21F3N2O3. The molecule has 4 rings (SSSR count). The van der Waals surface area contributed by atoms with Crippen LogP contribution in [0.25, 0.3) is 0 Å². The molecule has 0 aromatic heterocycles. The molecule has 2 aliphatic heterocycles. The molecule has 2 aliphatic rings. The fraction of sp³-hybridized carbons (Fsp3) is 0.391. The van der Waals surface area contributed by atoms with Gasteiger partial charge < -0.3 is 14.4 Å². The van der Waals surface area contributed by atoms with Crippen molar-refractivity contribution in [1.29, 1.82) is 5.26 Å². The number of ether oxygens (including phenoxy) is 2. The highest BCUT2D eigenvalue weighted by molar-refractivity contribution is 6.00. The standard InChI is InChI=1S/C23H21F3N2O3/c1-30-21-15(11-27)2-4-17(23(26)6-8-31-9-7-23)20(21)22(29)28-12-16(13-28)14-3-5-18(24)19(25)10-14/h2-5,10,16H,6-9,12-13H2,1H3. The molecule has 2 heterocycles. The van der Waals surface area contributed by atoms with E-state index >= 15 is 4.39 Å². The SMILES string of the molecule is COc1c(C#N)ccc(C2(F)CCOCC2)c1C(=O)N1CC(c2ccc(F)c(F)c2)C1. The lowest BCUT2D eigenvalue weighted by molar-refractivity contribution is -0.0123. The molecule has 0 unspecified atom stereocenters. The first-order chi connectivity index (χ1) is 14.9.